The monoisotopic (exact) mass is 613 g/mol. The molecule has 0 radical (unpaired) electrons. The highest BCUT2D eigenvalue weighted by Gasteiger charge is 2.44. The van der Waals surface area contributed by atoms with Crippen LogP contribution in [0.2, 0.25) is 0 Å². The van der Waals surface area contributed by atoms with E-state index < -0.39 is 17.9 Å². The van der Waals surface area contributed by atoms with Crippen molar-refractivity contribution in [1.82, 2.24) is 10.2 Å². The maximum absolute atomic E-state index is 14.4. The van der Waals surface area contributed by atoms with Crippen LogP contribution >= 0.6 is 0 Å². The highest BCUT2D eigenvalue weighted by molar-refractivity contribution is 5.79. The Morgan fingerprint density at radius 3 is 2.57 bits per heavy atom. The molecule has 2 atom stereocenters. The Morgan fingerprint density at radius 2 is 1.89 bits per heavy atom. The second-order valence-corrected chi connectivity index (χ2v) is 12.0. The molecule has 8 nitrogen and oxygen atoms in total. The van der Waals surface area contributed by atoms with E-state index in [4.69, 9.17) is 15.2 Å². The molecule has 0 heterocycles. The lowest BCUT2D eigenvalue weighted by Gasteiger charge is -2.23. The van der Waals surface area contributed by atoms with E-state index in [1.807, 2.05) is 17.9 Å². The Morgan fingerprint density at radius 1 is 1.09 bits per heavy atom. The van der Waals surface area contributed by atoms with E-state index >= 15 is 0 Å². The number of unbranched alkanes of at least 4 members (excludes halogenated alkanes) is 1. The van der Waals surface area contributed by atoms with Gasteiger partial charge in [0, 0.05) is 44.8 Å². The number of benzene rings is 2. The Bertz CT molecular complexity index is 1190. The average Bonchev–Trinajstić information content (AvgIpc) is 3.81. The van der Waals surface area contributed by atoms with Gasteiger partial charge in [0.05, 0.1) is 25.2 Å². The molecule has 0 aliphatic heterocycles. The van der Waals surface area contributed by atoms with Crippen molar-refractivity contribution in [3.05, 3.63) is 65.0 Å². The van der Waals surface area contributed by atoms with E-state index in [0.717, 1.165) is 37.7 Å². The number of nitrogens with zero attached hydrogens (tertiary/aromatic N) is 1. The Hall–Kier alpha value is -3.01. The molecule has 2 aromatic carbocycles. The van der Waals surface area contributed by atoms with Crippen molar-refractivity contribution in [1.29, 1.82) is 0 Å². The summed E-state index contributed by atoms with van der Waals surface area (Å²) in [5.74, 6) is -0.818. The molecule has 0 bridgehead atoms. The summed E-state index contributed by atoms with van der Waals surface area (Å²) in [6.07, 6.45) is 6.57. The van der Waals surface area contributed by atoms with Crippen LogP contribution in [0.25, 0.3) is 0 Å². The van der Waals surface area contributed by atoms with Gasteiger partial charge in [-0.1, -0.05) is 38.1 Å². The molecule has 0 spiro atoms. The van der Waals surface area contributed by atoms with Gasteiger partial charge in [-0.2, -0.15) is 0 Å². The molecule has 9 heteroatoms. The summed E-state index contributed by atoms with van der Waals surface area (Å²) >= 11 is 0. The number of aliphatic hydroxyl groups is 1. The van der Waals surface area contributed by atoms with Crippen LogP contribution in [-0.4, -0.2) is 67.9 Å². The van der Waals surface area contributed by atoms with E-state index in [1.165, 1.54) is 30.4 Å². The van der Waals surface area contributed by atoms with Gasteiger partial charge in [0.15, 0.2) is 0 Å². The van der Waals surface area contributed by atoms with Crippen LogP contribution in [-0.2, 0) is 32.7 Å². The van der Waals surface area contributed by atoms with Crippen molar-refractivity contribution in [3.8, 4) is 5.75 Å². The second kappa shape index (κ2) is 18.1. The number of halogens is 1. The summed E-state index contributed by atoms with van der Waals surface area (Å²) in [5, 5.41) is 14.3. The third kappa shape index (κ3) is 11.5. The molecule has 1 saturated carbocycles. The van der Waals surface area contributed by atoms with Crippen molar-refractivity contribution in [2.24, 2.45) is 11.7 Å². The van der Waals surface area contributed by atoms with Gasteiger partial charge in [-0.25, -0.2) is 4.39 Å². The number of primary amides is 1. The van der Waals surface area contributed by atoms with Crippen molar-refractivity contribution in [2.45, 2.75) is 89.7 Å². The third-order valence-corrected chi connectivity index (χ3v) is 8.43. The minimum Gasteiger partial charge on any atom is -0.493 e. The summed E-state index contributed by atoms with van der Waals surface area (Å²) in [4.78, 5) is 26.1. The quantitative estimate of drug-likeness (QED) is 0.163. The number of amides is 2. The van der Waals surface area contributed by atoms with Crippen LogP contribution in [0, 0.1) is 11.7 Å². The second-order valence-electron chi connectivity index (χ2n) is 12.0. The Kier molecular flexibility index (Phi) is 14.6. The first-order valence-corrected chi connectivity index (χ1v) is 16.2. The van der Waals surface area contributed by atoms with Gasteiger partial charge in [0.2, 0.25) is 11.8 Å². The maximum atomic E-state index is 14.4. The maximum Gasteiger partial charge on any atom is 0.222 e. The van der Waals surface area contributed by atoms with Crippen molar-refractivity contribution in [3.63, 3.8) is 0 Å². The minimum absolute atomic E-state index is 0.000258. The number of hydrogen-bond donors (Lipinski definition) is 3. The molecule has 0 aromatic heterocycles. The molecular weight excluding hydrogens is 561 g/mol. The lowest BCUT2D eigenvalue weighted by atomic mass is 10.00. The van der Waals surface area contributed by atoms with Gasteiger partial charge in [-0.05, 0) is 86.6 Å². The summed E-state index contributed by atoms with van der Waals surface area (Å²) < 4.78 is 25.3. The fraction of sp³-hybridized carbons (Fsp3) is 0.600. The predicted molar refractivity (Wildman–Crippen MR) is 171 cm³/mol. The van der Waals surface area contributed by atoms with E-state index in [1.54, 1.807) is 0 Å². The molecule has 44 heavy (non-hydrogen) atoms. The van der Waals surface area contributed by atoms with Gasteiger partial charge in [0.25, 0.3) is 0 Å². The first kappa shape index (κ1) is 35.5. The van der Waals surface area contributed by atoms with Crippen LogP contribution < -0.4 is 15.8 Å². The zero-order chi connectivity index (χ0) is 32.0. The zero-order valence-electron chi connectivity index (χ0n) is 26.8. The summed E-state index contributed by atoms with van der Waals surface area (Å²) in [6.45, 7) is 6.52. The molecule has 1 unspecified atom stereocenters. The normalized spacial score (nSPS) is 15.0. The number of aryl methyl sites for hydroxylation is 2. The number of hydrogen-bond acceptors (Lipinski definition) is 6. The van der Waals surface area contributed by atoms with E-state index in [9.17, 15) is 19.1 Å². The number of ether oxygens (including phenoxy) is 2. The van der Waals surface area contributed by atoms with Crippen molar-refractivity contribution >= 4 is 11.8 Å². The SMILES string of the molecule is CCCN(CCCCOc1cc(F)cc(CC[C@H](O)CNC2(c3cccc(CC)c3)CC2)c1)C(=O)CCC(COC)C(N)=O. The van der Waals surface area contributed by atoms with Crippen LogP contribution in [0.5, 0.6) is 5.75 Å². The van der Waals surface area contributed by atoms with Crippen LogP contribution in [0.15, 0.2) is 42.5 Å². The standard InChI is InChI=1S/C35H52FN3O5/c1-4-17-39(33(41)14-12-28(25-43-3)34(37)42)18-6-7-19-44-32-22-27(21-30(36)23-32)11-13-31(40)24-38-35(15-16-35)29-10-8-9-26(5-2)20-29/h8-10,20-23,28,31,38,40H,4-7,11-19,24-25H2,1-3H3,(H2,37,42)/t28?,31-/m0/s1. The highest BCUT2D eigenvalue weighted by Crippen LogP contribution is 2.45. The molecule has 1 aliphatic rings. The molecule has 2 aromatic rings. The molecule has 0 saturated heterocycles. The molecule has 4 N–H and O–H groups in total. The molecule has 1 aliphatic carbocycles. The topological polar surface area (TPSA) is 114 Å². The molecule has 244 valence electrons. The van der Waals surface area contributed by atoms with E-state index in [-0.39, 0.29) is 30.3 Å². The third-order valence-electron chi connectivity index (χ3n) is 8.43. The van der Waals surface area contributed by atoms with Crippen LogP contribution in [0.1, 0.15) is 81.9 Å². The molecule has 2 amide bonds. The predicted octanol–water partition coefficient (Wildman–Crippen LogP) is 4.89. The number of carbonyl (C=O) groups is 2. The van der Waals surface area contributed by atoms with Gasteiger partial charge in [0.1, 0.15) is 11.6 Å². The molecular formula is C35H52FN3O5. The first-order chi connectivity index (χ1) is 21.2. The Labute approximate surface area is 262 Å². The lowest BCUT2D eigenvalue weighted by Crippen LogP contribution is -2.36. The van der Waals surface area contributed by atoms with Crippen LogP contribution in [0.4, 0.5) is 4.39 Å². The average molecular weight is 614 g/mol. The lowest BCUT2D eigenvalue weighted by molar-refractivity contribution is -0.132. The number of nitrogens with one attached hydrogen (secondary N) is 1. The fourth-order valence-corrected chi connectivity index (χ4v) is 5.57. The number of aliphatic hydroxyl groups excluding tert-OH is 1. The molecule has 1 fully saturated rings. The number of rotatable bonds is 22. The van der Waals surface area contributed by atoms with Crippen molar-refractivity contribution < 1.29 is 28.6 Å². The van der Waals surface area contributed by atoms with Gasteiger partial charge in [-0.15, -0.1) is 0 Å². The van der Waals surface area contributed by atoms with E-state index in [0.29, 0.717) is 57.7 Å². The smallest absolute Gasteiger partial charge is 0.222 e. The summed E-state index contributed by atoms with van der Waals surface area (Å²) in [7, 11) is 1.51. The van der Waals surface area contributed by atoms with E-state index in [2.05, 4.69) is 36.5 Å². The first-order valence-electron chi connectivity index (χ1n) is 16.2. The van der Waals surface area contributed by atoms with Gasteiger partial charge < -0.3 is 30.5 Å². The minimum atomic E-state index is -0.537. The number of nitrogens with two attached hydrogens (primary N) is 1. The fourth-order valence-electron chi connectivity index (χ4n) is 5.57. The van der Waals surface area contributed by atoms with Gasteiger partial charge in [-0.3, -0.25) is 9.59 Å². The largest absolute Gasteiger partial charge is 0.493 e. The Balaban J connectivity index is 1.39. The highest BCUT2D eigenvalue weighted by atomic mass is 19.1. The van der Waals surface area contributed by atoms with Gasteiger partial charge >= 0.3 is 0 Å². The zero-order valence-corrected chi connectivity index (χ0v) is 26.8. The van der Waals surface area contributed by atoms with Crippen molar-refractivity contribution in [2.75, 3.05) is 40.0 Å². The summed E-state index contributed by atoms with van der Waals surface area (Å²) in [6, 6.07) is 13.4. The molecule has 3 rings (SSSR count). The number of methoxy groups -OCH3 is 1. The van der Waals surface area contributed by atoms with Crippen LogP contribution in [0.3, 0.4) is 0 Å². The number of carbonyl (C=O) groups excluding carboxylic acids is 2. The summed E-state index contributed by atoms with van der Waals surface area (Å²) in [5.41, 5.74) is 8.77.